The average molecular weight is 531 g/mol. The van der Waals surface area contributed by atoms with Crippen LogP contribution in [0.25, 0.3) is 0 Å². The smallest absolute Gasteiger partial charge is 0.387 e. The van der Waals surface area contributed by atoms with Crippen LogP contribution in [0.15, 0.2) is 17.1 Å². The van der Waals surface area contributed by atoms with Crippen LogP contribution in [0.3, 0.4) is 0 Å². The Morgan fingerprint density at radius 3 is 2.50 bits per heavy atom. The van der Waals surface area contributed by atoms with Crippen LogP contribution in [0.4, 0.5) is 5.82 Å². The molecular formula is C15H23N3O14P2. The van der Waals surface area contributed by atoms with Gasteiger partial charge in [-0.3, -0.25) is 18.4 Å². The predicted molar refractivity (Wildman–Crippen MR) is 107 cm³/mol. The topological polar surface area (TPSA) is 259 Å². The first-order chi connectivity index (χ1) is 15.7. The molecule has 7 N–H and O–H groups in total. The van der Waals surface area contributed by atoms with Crippen molar-refractivity contribution in [1.82, 2.24) is 9.55 Å². The summed E-state index contributed by atoms with van der Waals surface area (Å²) in [7, 11) is -10.7. The van der Waals surface area contributed by atoms with Gasteiger partial charge < -0.3 is 40.3 Å². The first-order valence-corrected chi connectivity index (χ1v) is 12.6. The largest absolute Gasteiger partial charge is 0.483 e. The van der Waals surface area contributed by atoms with E-state index >= 15 is 0 Å². The molecule has 2 saturated heterocycles. The lowest BCUT2D eigenvalue weighted by atomic mass is 10.1. The zero-order valence-electron chi connectivity index (χ0n) is 17.4. The third-order valence-corrected chi connectivity index (χ3v) is 7.42. The third kappa shape index (κ3) is 6.34. The summed E-state index contributed by atoms with van der Waals surface area (Å²) in [5.74, 6) is -0.597. The number of ether oxygens (including phenoxy) is 2. The summed E-state index contributed by atoms with van der Waals surface area (Å²) in [6.45, 7) is 0.366. The van der Waals surface area contributed by atoms with Crippen molar-refractivity contribution in [2.45, 2.75) is 56.4 Å². The summed E-state index contributed by atoms with van der Waals surface area (Å²) < 4.78 is 48.5. The molecule has 2 aliphatic rings. The molecule has 0 amide bonds. The van der Waals surface area contributed by atoms with Crippen LogP contribution in [0, 0.1) is 0 Å². The van der Waals surface area contributed by atoms with Crippen molar-refractivity contribution >= 4 is 27.2 Å². The van der Waals surface area contributed by atoms with E-state index in [2.05, 4.69) is 18.3 Å². The van der Waals surface area contributed by atoms with Gasteiger partial charge >= 0.3 is 21.3 Å². The van der Waals surface area contributed by atoms with Gasteiger partial charge in [-0.25, -0.2) is 13.9 Å². The van der Waals surface area contributed by atoms with E-state index in [-0.39, 0.29) is 5.82 Å². The lowest BCUT2D eigenvalue weighted by Gasteiger charge is -2.31. The molecule has 3 rings (SSSR count). The predicted octanol–water partition coefficient (Wildman–Crippen LogP) is -2.24. The van der Waals surface area contributed by atoms with Gasteiger partial charge in [0, 0.05) is 12.6 Å². The second-order valence-corrected chi connectivity index (χ2v) is 10.4. The molecular weight excluding hydrogens is 508 g/mol. The molecule has 2 aliphatic heterocycles. The number of carbonyl (C=O) groups is 1. The Morgan fingerprint density at radius 1 is 1.18 bits per heavy atom. The Kier molecular flexibility index (Phi) is 8.09. The van der Waals surface area contributed by atoms with Crippen molar-refractivity contribution in [1.29, 1.82) is 0 Å². The molecule has 1 aromatic heterocycles. The third-order valence-electron chi connectivity index (χ3n) is 4.82. The lowest BCUT2D eigenvalue weighted by Crippen LogP contribution is -2.44. The van der Waals surface area contributed by atoms with E-state index in [9.17, 15) is 43.8 Å². The van der Waals surface area contributed by atoms with Gasteiger partial charge in [0.05, 0.1) is 6.61 Å². The van der Waals surface area contributed by atoms with E-state index < -0.39 is 83.2 Å². The van der Waals surface area contributed by atoms with Gasteiger partial charge in [-0.2, -0.15) is 9.29 Å². The summed E-state index contributed by atoms with van der Waals surface area (Å²) in [6, 6.07) is 1.23. The van der Waals surface area contributed by atoms with Crippen LogP contribution in [0.1, 0.15) is 19.6 Å². The molecule has 0 radical (unpaired) electrons. The number of anilines is 1. The van der Waals surface area contributed by atoms with Crippen molar-refractivity contribution in [3.05, 3.63) is 22.7 Å². The SMILES string of the molecule is C[C@@H]1O[C@H](OP(=O)(O)OP(=O)(O)OC[C@H]2O[C@@H](n3ccc(N)nc3=O)[C@H](O)[C@@H]2O)[C@H](O)CC1=O. The van der Waals surface area contributed by atoms with Crippen LogP contribution in [-0.2, 0) is 36.8 Å². The molecule has 17 nitrogen and oxygen atoms in total. The van der Waals surface area contributed by atoms with E-state index in [1.807, 2.05) is 0 Å². The van der Waals surface area contributed by atoms with Crippen molar-refractivity contribution < 1.29 is 61.9 Å². The number of nitrogens with zero attached hydrogens (tertiary/aromatic N) is 2. The Hall–Kier alpha value is -1.59. The Balaban J connectivity index is 1.59. The Labute approximate surface area is 190 Å². The molecule has 0 saturated carbocycles. The highest BCUT2D eigenvalue weighted by atomic mass is 31.3. The molecule has 3 heterocycles. The van der Waals surface area contributed by atoms with Gasteiger partial charge in [0.1, 0.15) is 36.3 Å². The summed E-state index contributed by atoms with van der Waals surface area (Å²) in [6.07, 6.45) is -10.2. The van der Waals surface area contributed by atoms with Gasteiger partial charge in [0.2, 0.25) is 0 Å². The Bertz CT molecular complexity index is 1070. The zero-order valence-corrected chi connectivity index (χ0v) is 19.2. The highest BCUT2D eigenvalue weighted by Crippen LogP contribution is 2.61. The average Bonchev–Trinajstić information content (AvgIpc) is 2.98. The molecule has 0 spiro atoms. The molecule has 2 unspecified atom stereocenters. The maximum atomic E-state index is 12.1. The van der Waals surface area contributed by atoms with Gasteiger partial charge in [-0.15, -0.1) is 0 Å². The number of nitrogens with two attached hydrogens (primary N) is 1. The number of hydrogen-bond donors (Lipinski definition) is 6. The minimum absolute atomic E-state index is 0.101. The fraction of sp³-hybridized carbons (Fsp3) is 0.667. The maximum absolute atomic E-state index is 12.1. The van der Waals surface area contributed by atoms with Crippen molar-refractivity contribution in [2.75, 3.05) is 12.3 Å². The highest BCUT2D eigenvalue weighted by Gasteiger charge is 2.47. The molecule has 34 heavy (non-hydrogen) atoms. The second-order valence-electron chi connectivity index (χ2n) is 7.39. The van der Waals surface area contributed by atoms with E-state index in [0.29, 0.717) is 0 Å². The summed E-state index contributed by atoms with van der Waals surface area (Å²) >= 11 is 0. The van der Waals surface area contributed by atoms with E-state index in [1.165, 1.54) is 13.0 Å². The molecule has 0 aliphatic carbocycles. The van der Waals surface area contributed by atoms with Crippen LogP contribution < -0.4 is 11.4 Å². The number of phosphoric ester groups is 2. The number of nitrogen functional groups attached to an aromatic ring is 1. The number of aliphatic hydroxyl groups excluding tert-OH is 3. The van der Waals surface area contributed by atoms with Crippen molar-refractivity contribution in [2.24, 2.45) is 0 Å². The fourth-order valence-corrected chi connectivity index (χ4v) is 5.29. The Morgan fingerprint density at radius 2 is 1.85 bits per heavy atom. The summed E-state index contributed by atoms with van der Waals surface area (Å²) in [4.78, 5) is 46.4. The first-order valence-electron chi connectivity index (χ1n) is 9.61. The molecule has 1 aromatic rings. The second kappa shape index (κ2) is 10.2. The summed E-state index contributed by atoms with van der Waals surface area (Å²) in [5.41, 5.74) is 4.47. The van der Waals surface area contributed by atoms with Gasteiger partial charge in [0.15, 0.2) is 18.3 Å². The molecule has 9 atom stereocenters. The van der Waals surface area contributed by atoms with E-state index in [4.69, 9.17) is 15.2 Å². The number of aromatic nitrogens is 2. The summed E-state index contributed by atoms with van der Waals surface area (Å²) in [5, 5.41) is 30.0. The van der Waals surface area contributed by atoms with Gasteiger partial charge in [-0.05, 0) is 13.0 Å². The molecule has 0 aromatic carbocycles. The number of aliphatic hydroxyl groups is 3. The normalized spacial score (nSPS) is 35.6. The van der Waals surface area contributed by atoms with Crippen LogP contribution >= 0.6 is 15.6 Å². The lowest BCUT2D eigenvalue weighted by molar-refractivity contribution is -0.202. The standard InChI is InChI=1S/C15H23N3O14P2/c1-6-7(19)4-8(20)14(29-6)31-34(26,27)32-33(24,25)28-5-9-11(21)12(22)13(30-9)18-3-2-10(16)17-15(18)23/h2-3,6,8-9,11-14,20-22H,4-5H2,1H3,(H,24,25)(H,26,27)(H2,16,17,23)/t6-,8+,9+,11+,12+,13+,14+/m0/s1. The van der Waals surface area contributed by atoms with Crippen molar-refractivity contribution in [3.63, 3.8) is 0 Å². The number of phosphoric acid groups is 2. The minimum Gasteiger partial charge on any atom is -0.387 e. The van der Waals surface area contributed by atoms with Gasteiger partial charge in [0.25, 0.3) is 0 Å². The minimum atomic E-state index is -5.38. The number of carbonyl (C=O) groups excluding carboxylic acids is 1. The van der Waals surface area contributed by atoms with Gasteiger partial charge in [-0.1, -0.05) is 0 Å². The highest BCUT2D eigenvalue weighted by molar-refractivity contribution is 7.61. The molecule has 0 bridgehead atoms. The van der Waals surface area contributed by atoms with E-state index in [1.54, 1.807) is 0 Å². The van der Waals surface area contributed by atoms with Crippen LogP contribution in [-0.4, -0.2) is 83.9 Å². The van der Waals surface area contributed by atoms with E-state index in [0.717, 1.165) is 10.8 Å². The number of Topliss-reactive ketones (excluding diaryl/α,β-unsaturated/α-hetero) is 1. The molecule has 2 fully saturated rings. The maximum Gasteiger partial charge on any atom is 0.483 e. The van der Waals surface area contributed by atoms with Crippen molar-refractivity contribution in [3.8, 4) is 0 Å². The first kappa shape index (κ1) is 27.0. The van der Waals surface area contributed by atoms with Crippen LogP contribution in [0.5, 0.6) is 0 Å². The number of hydrogen-bond acceptors (Lipinski definition) is 14. The monoisotopic (exact) mass is 531 g/mol. The fourth-order valence-electron chi connectivity index (χ4n) is 3.12. The number of rotatable bonds is 8. The van der Waals surface area contributed by atoms with Crippen LogP contribution in [0.2, 0.25) is 0 Å². The molecule has 19 heteroatoms. The zero-order chi connectivity index (χ0) is 25.4. The quantitative estimate of drug-likeness (QED) is 0.194. The molecule has 192 valence electrons. The number of ketones is 1.